The zero-order valence-corrected chi connectivity index (χ0v) is 11.2. The van der Waals surface area contributed by atoms with Crippen molar-refractivity contribution in [2.24, 2.45) is 5.92 Å². The van der Waals surface area contributed by atoms with Gasteiger partial charge in [0.25, 0.3) is 0 Å². The summed E-state index contributed by atoms with van der Waals surface area (Å²) in [5.74, 6) is 0.848. The van der Waals surface area contributed by atoms with Crippen LogP contribution in [0.1, 0.15) is 65.7 Å². The fourth-order valence-corrected chi connectivity index (χ4v) is 3.24. The van der Waals surface area contributed by atoms with Crippen LogP contribution in [0.2, 0.25) is 0 Å². The van der Waals surface area contributed by atoms with E-state index in [1.54, 1.807) is 0 Å². The Labute approximate surface area is 100 Å². The Hall–Kier alpha value is -0.0800. The molecule has 94 valence electrons. The highest BCUT2D eigenvalue weighted by Gasteiger charge is 2.35. The second-order valence-corrected chi connectivity index (χ2v) is 6.38. The molecule has 0 spiro atoms. The van der Waals surface area contributed by atoms with Crippen molar-refractivity contribution in [3.8, 4) is 0 Å². The van der Waals surface area contributed by atoms with Crippen LogP contribution in [0.4, 0.5) is 0 Å². The lowest BCUT2D eigenvalue weighted by Gasteiger charge is -2.45. The molecule has 2 fully saturated rings. The van der Waals surface area contributed by atoms with Crippen LogP contribution in [-0.4, -0.2) is 23.3 Å². The lowest BCUT2D eigenvalue weighted by molar-refractivity contribution is -0.265. The van der Waals surface area contributed by atoms with Crippen molar-refractivity contribution in [1.29, 1.82) is 0 Å². The molecule has 0 bridgehead atoms. The normalized spacial score (nSPS) is 32.8. The Morgan fingerprint density at radius 3 is 2.38 bits per heavy atom. The molecule has 0 radical (unpaired) electrons. The zero-order chi connectivity index (χ0) is 11.6. The van der Waals surface area contributed by atoms with E-state index >= 15 is 0 Å². The number of hydroxylamine groups is 2. The molecule has 2 rings (SSSR count). The highest BCUT2D eigenvalue weighted by Crippen LogP contribution is 2.33. The summed E-state index contributed by atoms with van der Waals surface area (Å²) in [6, 6.07) is 0. The van der Waals surface area contributed by atoms with Gasteiger partial charge in [-0.15, -0.1) is 0 Å². The van der Waals surface area contributed by atoms with Gasteiger partial charge in [-0.3, -0.25) is 4.84 Å². The lowest BCUT2D eigenvalue weighted by atomic mass is 9.85. The summed E-state index contributed by atoms with van der Waals surface area (Å²) in [7, 11) is 0. The first-order valence-corrected chi connectivity index (χ1v) is 7.02. The monoisotopic (exact) mass is 225 g/mol. The first-order valence-electron chi connectivity index (χ1n) is 7.02. The highest BCUT2D eigenvalue weighted by molar-refractivity contribution is 4.84. The topological polar surface area (TPSA) is 12.5 Å². The smallest absolute Gasteiger partial charge is 0.0793 e. The Balaban J connectivity index is 1.87. The Morgan fingerprint density at radius 2 is 1.75 bits per heavy atom. The molecule has 0 aromatic carbocycles. The van der Waals surface area contributed by atoms with Gasteiger partial charge < -0.3 is 0 Å². The van der Waals surface area contributed by atoms with Gasteiger partial charge in [-0.1, -0.05) is 26.2 Å². The fourth-order valence-electron chi connectivity index (χ4n) is 3.24. The average Bonchev–Trinajstić information content (AvgIpc) is 2.23. The SMILES string of the molecule is CC1CCN(OC2CCCCC2)C(C)(C)C1. The van der Waals surface area contributed by atoms with Crippen LogP contribution in [0.15, 0.2) is 0 Å². The quantitative estimate of drug-likeness (QED) is 0.709. The minimum atomic E-state index is 0.231. The van der Waals surface area contributed by atoms with Crippen molar-refractivity contribution in [3.05, 3.63) is 0 Å². The van der Waals surface area contributed by atoms with Crippen molar-refractivity contribution in [2.75, 3.05) is 6.54 Å². The van der Waals surface area contributed by atoms with Gasteiger partial charge in [0.2, 0.25) is 0 Å². The number of hydrogen-bond acceptors (Lipinski definition) is 2. The number of hydrogen-bond donors (Lipinski definition) is 0. The van der Waals surface area contributed by atoms with Gasteiger partial charge in [0.1, 0.15) is 0 Å². The van der Waals surface area contributed by atoms with Crippen molar-refractivity contribution in [3.63, 3.8) is 0 Å². The van der Waals surface area contributed by atoms with Crippen LogP contribution >= 0.6 is 0 Å². The lowest BCUT2D eigenvalue weighted by Crippen LogP contribution is -2.51. The molecule has 2 heteroatoms. The van der Waals surface area contributed by atoms with Gasteiger partial charge >= 0.3 is 0 Å². The molecule has 1 saturated heterocycles. The summed E-state index contributed by atoms with van der Waals surface area (Å²) in [6.45, 7) is 8.13. The van der Waals surface area contributed by atoms with Crippen LogP contribution in [-0.2, 0) is 4.84 Å². The molecule has 2 aliphatic rings. The van der Waals surface area contributed by atoms with E-state index in [0.717, 1.165) is 12.5 Å². The predicted octanol–water partition coefficient (Wildman–Crippen LogP) is 3.76. The largest absolute Gasteiger partial charge is 0.295 e. The summed E-state index contributed by atoms with van der Waals surface area (Å²) in [5.41, 5.74) is 0.231. The first kappa shape index (κ1) is 12.4. The average molecular weight is 225 g/mol. The van der Waals surface area contributed by atoms with Gasteiger partial charge in [0.05, 0.1) is 6.10 Å². The fraction of sp³-hybridized carbons (Fsp3) is 1.00. The highest BCUT2D eigenvalue weighted by atomic mass is 16.7. The Bertz CT molecular complexity index is 221. The zero-order valence-electron chi connectivity index (χ0n) is 11.2. The van der Waals surface area contributed by atoms with Gasteiger partial charge in [-0.05, 0) is 45.4 Å². The van der Waals surface area contributed by atoms with E-state index in [0.29, 0.717) is 6.10 Å². The molecule has 1 unspecified atom stereocenters. The predicted molar refractivity (Wildman–Crippen MR) is 67.1 cm³/mol. The molecule has 1 atom stereocenters. The summed E-state index contributed by atoms with van der Waals surface area (Å²) < 4.78 is 0. The third-order valence-electron chi connectivity index (χ3n) is 4.18. The van der Waals surface area contributed by atoms with Gasteiger partial charge in [-0.2, -0.15) is 5.06 Å². The molecule has 1 aliphatic carbocycles. The third kappa shape index (κ3) is 2.98. The van der Waals surface area contributed by atoms with E-state index in [1.807, 2.05) is 0 Å². The van der Waals surface area contributed by atoms with Crippen molar-refractivity contribution < 1.29 is 4.84 Å². The van der Waals surface area contributed by atoms with Crippen LogP contribution in [0.3, 0.4) is 0 Å². The van der Waals surface area contributed by atoms with E-state index in [9.17, 15) is 0 Å². The second-order valence-electron chi connectivity index (χ2n) is 6.38. The van der Waals surface area contributed by atoms with E-state index < -0.39 is 0 Å². The molecule has 0 aromatic heterocycles. The summed E-state index contributed by atoms with van der Waals surface area (Å²) in [4.78, 5) is 6.23. The van der Waals surface area contributed by atoms with Crippen LogP contribution in [0.5, 0.6) is 0 Å². The molecule has 2 nitrogen and oxygen atoms in total. The van der Waals surface area contributed by atoms with Crippen molar-refractivity contribution in [1.82, 2.24) is 5.06 Å². The molecule has 0 N–H and O–H groups in total. The number of piperidine rings is 1. The van der Waals surface area contributed by atoms with Crippen molar-refractivity contribution >= 4 is 0 Å². The molecule has 0 amide bonds. The molecular formula is C14H27NO. The Morgan fingerprint density at radius 1 is 1.06 bits per heavy atom. The van der Waals surface area contributed by atoms with Gasteiger partial charge in [-0.25, -0.2) is 0 Å². The number of rotatable bonds is 2. The summed E-state index contributed by atoms with van der Waals surface area (Å²) in [6.07, 6.45) is 9.70. The maximum atomic E-state index is 6.23. The van der Waals surface area contributed by atoms with Crippen LogP contribution in [0.25, 0.3) is 0 Å². The second kappa shape index (κ2) is 5.05. The van der Waals surface area contributed by atoms with Crippen LogP contribution < -0.4 is 0 Å². The third-order valence-corrected chi connectivity index (χ3v) is 4.18. The van der Waals surface area contributed by atoms with Crippen molar-refractivity contribution in [2.45, 2.75) is 77.4 Å². The Kier molecular flexibility index (Phi) is 3.91. The summed E-state index contributed by atoms with van der Waals surface area (Å²) in [5, 5.41) is 2.28. The van der Waals surface area contributed by atoms with Crippen LogP contribution in [0, 0.1) is 5.92 Å². The molecule has 16 heavy (non-hydrogen) atoms. The van der Waals surface area contributed by atoms with Gasteiger partial charge in [0, 0.05) is 12.1 Å². The maximum Gasteiger partial charge on any atom is 0.0793 e. The standard InChI is InChI=1S/C14H27NO/c1-12-9-10-15(14(2,3)11-12)16-13-7-5-4-6-8-13/h12-13H,4-11H2,1-3H3. The first-order chi connectivity index (χ1) is 7.58. The van der Waals surface area contributed by atoms with E-state index in [4.69, 9.17) is 4.84 Å². The molecular weight excluding hydrogens is 198 g/mol. The minimum absolute atomic E-state index is 0.231. The molecule has 0 aromatic rings. The summed E-state index contributed by atoms with van der Waals surface area (Å²) >= 11 is 0. The van der Waals surface area contributed by atoms with E-state index in [1.165, 1.54) is 44.9 Å². The molecule has 1 aliphatic heterocycles. The molecule has 1 heterocycles. The minimum Gasteiger partial charge on any atom is -0.295 e. The van der Waals surface area contributed by atoms with Gasteiger partial charge in [0.15, 0.2) is 0 Å². The molecule has 1 saturated carbocycles. The van der Waals surface area contributed by atoms with E-state index in [2.05, 4.69) is 25.8 Å². The maximum absolute atomic E-state index is 6.23. The number of nitrogens with zero attached hydrogens (tertiary/aromatic N) is 1. The van der Waals surface area contributed by atoms with E-state index in [-0.39, 0.29) is 5.54 Å².